The van der Waals surface area contributed by atoms with E-state index in [9.17, 15) is 16.8 Å². The van der Waals surface area contributed by atoms with Crippen molar-refractivity contribution in [2.75, 3.05) is 31.9 Å². The summed E-state index contributed by atoms with van der Waals surface area (Å²) >= 11 is 0. The molecule has 2 aromatic rings. The summed E-state index contributed by atoms with van der Waals surface area (Å²) < 4.78 is 54.4. The van der Waals surface area contributed by atoms with Gasteiger partial charge in [0.2, 0.25) is 20.0 Å². The maximum atomic E-state index is 13.2. The van der Waals surface area contributed by atoms with Crippen molar-refractivity contribution in [2.45, 2.75) is 22.0 Å². The number of hydrogen-bond acceptors (Lipinski definition) is 12. The molecule has 0 aliphatic carbocycles. The Kier molecular flexibility index (Phi) is 6.91. The van der Waals surface area contributed by atoms with Gasteiger partial charge in [-0.1, -0.05) is 6.07 Å². The minimum atomic E-state index is -4.49. The second-order valence-corrected chi connectivity index (χ2v) is 10.8. The summed E-state index contributed by atoms with van der Waals surface area (Å²) in [7, 11) is -8.73. The number of sulfonamides is 2. The second-order valence-electron chi connectivity index (χ2n) is 7.55. The van der Waals surface area contributed by atoms with Gasteiger partial charge in [0.25, 0.3) is 0 Å². The molecule has 11 N–H and O–H groups in total. The van der Waals surface area contributed by atoms with Crippen LogP contribution in [0, 0.1) is 0 Å². The van der Waals surface area contributed by atoms with Crippen molar-refractivity contribution >= 4 is 25.9 Å². The highest BCUT2D eigenvalue weighted by Crippen LogP contribution is 2.36. The summed E-state index contributed by atoms with van der Waals surface area (Å²) in [6.07, 6.45) is 0.621. The number of aromatic nitrogens is 1. The number of anilines is 1. The summed E-state index contributed by atoms with van der Waals surface area (Å²) in [5.41, 5.74) is 17.5. The number of nitrogens with two attached hydrogens (primary N) is 2. The number of benzene rings is 1. The van der Waals surface area contributed by atoms with Gasteiger partial charge in [-0.2, -0.15) is 11.1 Å². The third-order valence-electron chi connectivity index (χ3n) is 5.26. The minimum Gasteiger partial charge on any atom is -0.384 e. The Morgan fingerprint density at radius 3 is 2.42 bits per heavy atom. The molecule has 0 spiro atoms. The lowest BCUT2D eigenvalue weighted by Crippen LogP contribution is -2.53. The van der Waals surface area contributed by atoms with Gasteiger partial charge in [-0.05, 0) is 23.8 Å². The van der Waals surface area contributed by atoms with Crippen LogP contribution in [0.3, 0.4) is 0 Å². The highest BCUT2D eigenvalue weighted by atomic mass is 32.2. The molecule has 2 fully saturated rings. The Balaban J connectivity index is 1.83. The third-order valence-corrected chi connectivity index (χ3v) is 7.86. The van der Waals surface area contributed by atoms with Crippen LogP contribution in [0.2, 0.25) is 0 Å². The quantitative estimate of drug-likeness (QED) is 0.186. The summed E-state index contributed by atoms with van der Waals surface area (Å²) in [6, 6.07) is 5.79. The molecule has 0 bridgehead atoms. The zero-order valence-corrected chi connectivity index (χ0v) is 19.1. The second kappa shape index (κ2) is 9.55. The van der Waals surface area contributed by atoms with Gasteiger partial charge < -0.3 is 16.4 Å². The molecular weight excluding hydrogens is 472 g/mol. The van der Waals surface area contributed by atoms with Crippen molar-refractivity contribution in [3.05, 3.63) is 36.0 Å². The van der Waals surface area contributed by atoms with Crippen LogP contribution in [0.25, 0.3) is 11.1 Å². The summed E-state index contributed by atoms with van der Waals surface area (Å²) in [5.74, 6) is 0.279. The SMILES string of the molecule is Nc1ccc(-c2ccc(S(=O)(=O)NC[C@H]3CNCCN3)c(S(N)(=O)=O)c2C2NNNN2)cn1. The van der Waals surface area contributed by atoms with Crippen LogP contribution in [0.1, 0.15) is 11.7 Å². The number of nitrogen functional groups attached to an aromatic ring is 1. The lowest BCUT2D eigenvalue weighted by atomic mass is 9.99. The molecular formula is C17H26N10O4S2. The van der Waals surface area contributed by atoms with E-state index in [1.54, 1.807) is 12.1 Å². The number of nitrogens with one attached hydrogen (secondary N) is 7. The first kappa shape index (κ1) is 23.9. The largest absolute Gasteiger partial charge is 0.384 e. The molecule has 180 valence electrons. The van der Waals surface area contributed by atoms with E-state index >= 15 is 0 Å². The lowest BCUT2D eigenvalue weighted by molar-refractivity contribution is 0.414. The van der Waals surface area contributed by atoms with Crippen molar-refractivity contribution in [3.8, 4) is 11.1 Å². The van der Waals surface area contributed by atoms with Crippen molar-refractivity contribution in [3.63, 3.8) is 0 Å². The average molecular weight is 499 g/mol. The molecule has 16 heteroatoms. The Bertz CT molecular complexity index is 1210. The van der Waals surface area contributed by atoms with E-state index in [1.807, 2.05) is 0 Å². The van der Waals surface area contributed by atoms with Crippen molar-refractivity contribution in [2.24, 2.45) is 5.14 Å². The zero-order valence-electron chi connectivity index (χ0n) is 17.4. The number of rotatable bonds is 7. The number of hydrogen-bond donors (Lipinski definition) is 9. The van der Waals surface area contributed by atoms with Crippen molar-refractivity contribution < 1.29 is 16.8 Å². The summed E-state index contributed by atoms with van der Waals surface area (Å²) in [5, 5.41) is 11.9. The van der Waals surface area contributed by atoms with Crippen LogP contribution in [0.4, 0.5) is 5.82 Å². The number of nitrogens with zero attached hydrogens (tertiary/aromatic N) is 1. The van der Waals surface area contributed by atoms with Crippen molar-refractivity contribution in [1.82, 2.24) is 42.3 Å². The molecule has 14 nitrogen and oxygen atoms in total. The van der Waals surface area contributed by atoms with E-state index in [0.29, 0.717) is 24.2 Å². The molecule has 0 saturated carbocycles. The molecule has 2 aliphatic rings. The topological polar surface area (TPSA) is 217 Å². The molecule has 33 heavy (non-hydrogen) atoms. The van der Waals surface area contributed by atoms with Crippen LogP contribution in [-0.4, -0.2) is 54.0 Å². The molecule has 1 aromatic carbocycles. The molecule has 2 aliphatic heterocycles. The van der Waals surface area contributed by atoms with E-state index in [0.717, 1.165) is 6.54 Å². The van der Waals surface area contributed by atoms with Gasteiger partial charge in [-0.3, -0.25) is 0 Å². The number of pyridine rings is 1. The van der Waals surface area contributed by atoms with E-state index in [1.165, 1.54) is 18.3 Å². The number of hydrazine groups is 3. The first-order valence-electron chi connectivity index (χ1n) is 10.0. The highest BCUT2D eigenvalue weighted by molar-refractivity contribution is 7.92. The zero-order chi connectivity index (χ0) is 23.6. The van der Waals surface area contributed by atoms with Crippen LogP contribution in [0.5, 0.6) is 0 Å². The van der Waals surface area contributed by atoms with E-state index < -0.39 is 36.0 Å². The first-order valence-corrected chi connectivity index (χ1v) is 13.1. The predicted molar refractivity (Wildman–Crippen MR) is 121 cm³/mol. The number of piperazine rings is 1. The Labute approximate surface area is 191 Å². The van der Waals surface area contributed by atoms with Gasteiger partial charge in [-0.15, -0.1) is 0 Å². The van der Waals surface area contributed by atoms with Gasteiger partial charge in [0, 0.05) is 49.5 Å². The Hall–Kier alpha value is -2.25. The maximum absolute atomic E-state index is 13.2. The van der Waals surface area contributed by atoms with Crippen LogP contribution >= 0.6 is 0 Å². The fraction of sp³-hybridized carbons (Fsp3) is 0.353. The van der Waals surface area contributed by atoms with Crippen LogP contribution in [0.15, 0.2) is 40.3 Å². The van der Waals surface area contributed by atoms with Gasteiger partial charge in [-0.25, -0.2) is 42.5 Å². The molecule has 3 heterocycles. The molecule has 1 aromatic heterocycles. The van der Waals surface area contributed by atoms with Crippen molar-refractivity contribution in [1.29, 1.82) is 0 Å². The summed E-state index contributed by atoms with van der Waals surface area (Å²) in [6.45, 7) is 2.13. The van der Waals surface area contributed by atoms with Gasteiger partial charge >= 0.3 is 0 Å². The fourth-order valence-electron chi connectivity index (χ4n) is 3.73. The molecule has 2 saturated heterocycles. The Morgan fingerprint density at radius 2 is 1.82 bits per heavy atom. The standard InChI is InChI=1S/C17H26N10O4S2/c18-14-4-1-10(7-22-14)12-2-3-13(33(30,31)23-9-11-8-20-5-6-21-11)16(32(19,28)29)15(12)17-24-26-27-25-17/h1-4,7,11,17,20-21,23-27H,5-6,8-9H2,(H2,18,22)(H2,19,28,29)/t11-/m1/s1. The van der Waals surface area contributed by atoms with Gasteiger partial charge in [0.15, 0.2) is 0 Å². The van der Waals surface area contributed by atoms with E-state index in [-0.39, 0.29) is 24.0 Å². The van der Waals surface area contributed by atoms with Gasteiger partial charge in [0.1, 0.15) is 21.8 Å². The number of primary sulfonamides is 1. The first-order chi connectivity index (χ1) is 15.7. The normalized spacial score (nSPS) is 20.2. The molecule has 0 unspecified atom stereocenters. The molecule has 4 rings (SSSR count). The smallest absolute Gasteiger partial charge is 0.241 e. The molecule has 0 radical (unpaired) electrons. The predicted octanol–water partition coefficient (Wildman–Crippen LogP) is -3.07. The molecule has 0 amide bonds. The van der Waals surface area contributed by atoms with Crippen LogP contribution in [-0.2, 0) is 20.0 Å². The average Bonchev–Trinajstić information content (AvgIpc) is 3.32. The monoisotopic (exact) mass is 498 g/mol. The van der Waals surface area contributed by atoms with E-state index in [4.69, 9.17) is 10.9 Å². The fourth-order valence-corrected chi connectivity index (χ4v) is 6.47. The van der Waals surface area contributed by atoms with E-state index in [2.05, 4.69) is 42.3 Å². The Morgan fingerprint density at radius 1 is 1.06 bits per heavy atom. The van der Waals surface area contributed by atoms with Crippen LogP contribution < -0.4 is 48.1 Å². The highest BCUT2D eigenvalue weighted by Gasteiger charge is 2.34. The molecule has 1 atom stereocenters. The lowest BCUT2D eigenvalue weighted by Gasteiger charge is -2.25. The maximum Gasteiger partial charge on any atom is 0.241 e. The minimum absolute atomic E-state index is 0.0708. The van der Waals surface area contributed by atoms with Gasteiger partial charge in [0.05, 0.1) is 0 Å². The summed E-state index contributed by atoms with van der Waals surface area (Å²) in [4.78, 5) is 3.06. The third kappa shape index (κ3) is 5.30.